The zero-order valence-electron chi connectivity index (χ0n) is 15.6. The molecule has 0 aliphatic carbocycles. The second-order valence-corrected chi connectivity index (χ2v) is 8.61. The van der Waals surface area contributed by atoms with Crippen molar-refractivity contribution in [3.63, 3.8) is 0 Å². The van der Waals surface area contributed by atoms with Crippen molar-refractivity contribution < 1.29 is 33.0 Å². The summed E-state index contributed by atoms with van der Waals surface area (Å²) in [6, 6.07) is 3.82. The highest BCUT2D eigenvalue weighted by atomic mass is 32.2. The minimum absolute atomic E-state index is 0.0948. The van der Waals surface area contributed by atoms with E-state index in [4.69, 9.17) is 15.6 Å². The number of carboxylic acids is 1. The largest absolute Gasteiger partial charge is 0.480 e. The first kappa shape index (κ1) is 24.0. The number of hydrogen-bond donors (Lipinski definition) is 3. The van der Waals surface area contributed by atoms with Gasteiger partial charge in [-0.2, -0.15) is 0 Å². The van der Waals surface area contributed by atoms with Crippen molar-refractivity contribution in [2.24, 2.45) is 5.73 Å². The summed E-state index contributed by atoms with van der Waals surface area (Å²) < 4.78 is 27.3. The quantitative estimate of drug-likeness (QED) is 0.639. The Morgan fingerprint density at radius 1 is 1.19 bits per heavy atom. The Bertz CT molecular complexity index is 706. The SMILES string of the molecule is CCC(=O)OC(C)(C)C.CS(=O)(=O)c1ccc([C@@H](O)[C@H](N)C(=O)O)cc1. The molecule has 0 saturated carbocycles. The average molecular weight is 389 g/mol. The van der Waals surface area contributed by atoms with Gasteiger partial charge >= 0.3 is 11.9 Å². The number of aliphatic hydroxyl groups is 1. The van der Waals surface area contributed by atoms with Crippen LogP contribution in [0.2, 0.25) is 0 Å². The van der Waals surface area contributed by atoms with E-state index in [2.05, 4.69) is 0 Å². The van der Waals surface area contributed by atoms with Gasteiger partial charge in [0.2, 0.25) is 0 Å². The van der Waals surface area contributed by atoms with Gasteiger partial charge in [0.25, 0.3) is 0 Å². The third-order valence-electron chi connectivity index (χ3n) is 2.98. The molecule has 2 atom stereocenters. The zero-order valence-corrected chi connectivity index (χ0v) is 16.4. The van der Waals surface area contributed by atoms with Gasteiger partial charge in [0.15, 0.2) is 9.84 Å². The number of carbonyl (C=O) groups excluding carboxylic acids is 1. The van der Waals surface area contributed by atoms with Gasteiger partial charge in [-0.1, -0.05) is 19.1 Å². The number of aliphatic hydroxyl groups excluding tert-OH is 1. The molecule has 8 nitrogen and oxygen atoms in total. The molecule has 1 aromatic rings. The molecule has 9 heteroatoms. The van der Waals surface area contributed by atoms with Gasteiger partial charge in [0, 0.05) is 12.7 Å². The van der Waals surface area contributed by atoms with E-state index in [0.717, 1.165) is 6.26 Å². The molecule has 0 spiro atoms. The molecular weight excluding hydrogens is 362 g/mol. The summed E-state index contributed by atoms with van der Waals surface area (Å²) in [5.41, 5.74) is 5.18. The maximum Gasteiger partial charge on any atom is 0.323 e. The minimum atomic E-state index is -3.31. The van der Waals surface area contributed by atoms with Crippen molar-refractivity contribution in [2.45, 2.75) is 56.8 Å². The van der Waals surface area contributed by atoms with E-state index in [-0.39, 0.29) is 22.0 Å². The van der Waals surface area contributed by atoms with E-state index in [0.29, 0.717) is 6.42 Å². The number of rotatable bonds is 5. The van der Waals surface area contributed by atoms with Gasteiger partial charge in [-0.15, -0.1) is 0 Å². The van der Waals surface area contributed by atoms with Crippen LogP contribution in [0.3, 0.4) is 0 Å². The molecule has 0 radical (unpaired) electrons. The van der Waals surface area contributed by atoms with Crippen LogP contribution in [0.4, 0.5) is 0 Å². The van der Waals surface area contributed by atoms with Crippen molar-refractivity contribution in [1.82, 2.24) is 0 Å². The standard InChI is InChI=1S/C10H13NO5S.C7H14O2/c1-17(15,16)7-4-2-6(3-5-7)9(12)8(11)10(13)14;1-5-6(8)9-7(2,3)4/h2-5,8-9,12H,11H2,1H3,(H,13,14);5H2,1-4H3/t8-,9+;/m0./s1. The monoisotopic (exact) mass is 389 g/mol. The molecule has 0 unspecified atom stereocenters. The summed E-state index contributed by atoms with van der Waals surface area (Å²) in [6.45, 7) is 7.37. The first-order chi connectivity index (χ1) is 11.7. The zero-order chi connectivity index (χ0) is 20.7. The lowest BCUT2D eigenvalue weighted by molar-refractivity contribution is -0.154. The number of esters is 1. The first-order valence-corrected chi connectivity index (χ1v) is 9.76. The molecule has 26 heavy (non-hydrogen) atoms. The molecule has 148 valence electrons. The van der Waals surface area contributed by atoms with E-state index in [9.17, 15) is 23.1 Å². The smallest absolute Gasteiger partial charge is 0.323 e. The Hall–Kier alpha value is -1.97. The van der Waals surface area contributed by atoms with Crippen LogP contribution in [0.15, 0.2) is 29.2 Å². The highest BCUT2D eigenvalue weighted by molar-refractivity contribution is 7.90. The molecule has 1 rings (SSSR count). The van der Waals surface area contributed by atoms with Crippen LogP contribution in [0.5, 0.6) is 0 Å². The normalized spacial score (nSPS) is 13.8. The Labute approximate surface area is 153 Å². The van der Waals surface area contributed by atoms with Crippen molar-refractivity contribution in [2.75, 3.05) is 6.26 Å². The number of carbonyl (C=O) groups is 2. The van der Waals surface area contributed by atoms with Crippen LogP contribution >= 0.6 is 0 Å². The van der Waals surface area contributed by atoms with E-state index < -0.39 is 28.0 Å². The minimum Gasteiger partial charge on any atom is -0.480 e. The fourth-order valence-corrected chi connectivity index (χ4v) is 2.30. The first-order valence-electron chi connectivity index (χ1n) is 7.87. The van der Waals surface area contributed by atoms with Crippen LogP contribution in [-0.2, 0) is 24.2 Å². The second kappa shape index (κ2) is 9.65. The van der Waals surface area contributed by atoms with Crippen LogP contribution in [0, 0.1) is 0 Å². The van der Waals surface area contributed by atoms with Gasteiger partial charge in [-0.3, -0.25) is 9.59 Å². The number of aliphatic carboxylic acids is 1. The van der Waals surface area contributed by atoms with E-state index in [1.807, 2.05) is 20.8 Å². The highest BCUT2D eigenvalue weighted by Gasteiger charge is 2.23. The molecule has 4 N–H and O–H groups in total. The predicted molar refractivity (Wildman–Crippen MR) is 96.3 cm³/mol. The summed E-state index contributed by atoms with van der Waals surface area (Å²) >= 11 is 0. The topological polar surface area (TPSA) is 144 Å². The Morgan fingerprint density at radius 2 is 1.65 bits per heavy atom. The summed E-state index contributed by atoms with van der Waals surface area (Å²) in [5, 5.41) is 18.2. The molecule has 0 bridgehead atoms. The van der Waals surface area contributed by atoms with E-state index >= 15 is 0 Å². The Balaban J connectivity index is 0.000000590. The number of carboxylic acid groups (broad SMARTS) is 1. The maximum atomic E-state index is 11.2. The third-order valence-corrected chi connectivity index (χ3v) is 4.11. The number of benzene rings is 1. The number of nitrogens with two attached hydrogens (primary N) is 1. The fraction of sp³-hybridized carbons (Fsp3) is 0.529. The lowest BCUT2D eigenvalue weighted by Gasteiger charge is -2.18. The fourth-order valence-electron chi connectivity index (χ4n) is 1.67. The lowest BCUT2D eigenvalue weighted by Crippen LogP contribution is -2.36. The number of hydrogen-bond acceptors (Lipinski definition) is 7. The number of ether oxygens (including phenoxy) is 1. The molecule has 0 aromatic heterocycles. The molecule has 1 aromatic carbocycles. The van der Waals surface area contributed by atoms with Gasteiger partial charge in [-0.05, 0) is 38.5 Å². The third kappa shape index (κ3) is 8.93. The average Bonchev–Trinajstić information content (AvgIpc) is 2.51. The van der Waals surface area contributed by atoms with Gasteiger partial charge in [0.05, 0.1) is 4.90 Å². The Kier molecular flexibility index (Phi) is 8.92. The van der Waals surface area contributed by atoms with Crippen molar-refractivity contribution in [1.29, 1.82) is 0 Å². The molecule has 0 heterocycles. The van der Waals surface area contributed by atoms with Gasteiger partial charge in [0.1, 0.15) is 17.7 Å². The van der Waals surface area contributed by atoms with Crippen LogP contribution in [0.25, 0.3) is 0 Å². The van der Waals surface area contributed by atoms with Crippen LogP contribution in [-0.4, -0.2) is 48.5 Å². The predicted octanol–water partition coefficient (Wildman–Crippen LogP) is 1.27. The van der Waals surface area contributed by atoms with Crippen LogP contribution < -0.4 is 5.73 Å². The van der Waals surface area contributed by atoms with Crippen molar-refractivity contribution >= 4 is 21.8 Å². The van der Waals surface area contributed by atoms with Gasteiger partial charge in [-0.25, -0.2) is 8.42 Å². The molecule has 0 aliphatic heterocycles. The van der Waals surface area contributed by atoms with Crippen molar-refractivity contribution in [3.05, 3.63) is 29.8 Å². The van der Waals surface area contributed by atoms with E-state index in [1.165, 1.54) is 24.3 Å². The summed E-state index contributed by atoms with van der Waals surface area (Å²) in [4.78, 5) is 21.3. The molecular formula is C17H27NO7S. The summed E-state index contributed by atoms with van der Waals surface area (Å²) in [7, 11) is -3.31. The molecule has 0 amide bonds. The lowest BCUT2D eigenvalue weighted by atomic mass is 10.0. The second-order valence-electron chi connectivity index (χ2n) is 6.59. The van der Waals surface area contributed by atoms with Crippen molar-refractivity contribution in [3.8, 4) is 0 Å². The Morgan fingerprint density at radius 3 is 1.92 bits per heavy atom. The van der Waals surface area contributed by atoms with Crippen LogP contribution in [0.1, 0.15) is 45.8 Å². The highest BCUT2D eigenvalue weighted by Crippen LogP contribution is 2.18. The summed E-state index contributed by atoms with van der Waals surface area (Å²) in [5.74, 6) is -1.47. The molecule has 0 aliphatic rings. The molecule has 0 fully saturated rings. The number of sulfone groups is 1. The van der Waals surface area contributed by atoms with Gasteiger partial charge < -0.3 is 20.7 Å². The maximum absolute atomic E-state index is 11.2. The van der Waals surface area contributed by atoms with E-state index in [1.54, 1.807) is 6.92 Å². The molecule has 0 saturated heterocycles. The summed E-state index contributed by atoms with van der Waals surface area (Å²) in [6.07, 6.45) is 0.139.